The van der Waals surface area contributed by atoms with E-state index in [1.54, 1.807) is 6.92 Å². The normalized spacial score (nSPS) is 25.3. The Morgan fingerprint density at radius 1 is 1.08 bits per heavy atom. The molecule has 3 heterocycles. The number of rotatable bonds is 4. The van der Waals surface area contributed by atoms with Crippen molar-refractivity contribution in [3.05, 3.63) is 47.7 Å². The van der Waals surface area contributed by atoms with E-state index in [2.05, 4.69) is 42.3 Å². The van der Waals surface area contributed by atoms with Gasteiger partial charge in [-0.2, -0.15) is 0 Å². The maximum atomic E-state index is 13.0. The van der Waals surface area contributed by atoms with Crippen molar-refractivity contribution in [2.75, 3.05) is 34.8 Å². The quantitative estimate of drug-likeness (QED) is 0.538. The molecule has 0 spiro atoms. The van der Waals surface area contributed by atoms with Crippen LogP contribution in [0.3, 0.4) is 0 Å². The topological polar surface area (TPSA) is 78.0 Å². The van der Waals surface area contributed by atoms with Crippen molar-refractivity contribution in [3.63, 3.8) is 0 Å². The van der Waals surface area contributed by atoms with Gasteiger partial charge < -0.3 is 24.8 Å². The number of hydrogen-bond donors (Lipinski definition) is 1. The molecule has 2 amide bonds. The van der Waals surface area contributed by atoms with Gasteiger partial charge in [0.05, 0.1) is 6.04 Å². The molecule has 8 heteroatoms. The number of aromatic nitrogens is 1. The molecule has 0 radical (unpaired) electrons. The van der Waals surface area contributed by atoms with Crippen LogP contribution in [0.4, 0.5) is 22.0 Å². The third-order valence-corrected chi connectivity index (χ3v) is 8.22. The van der Waals surface area contributed by atoms with E-state index in [9.17, 15) is 9.59 Å². The van der Waals surface area contributed by atoms with Crippen LogP contribution in [-0.4, -0.2) is 59.2 Å². The van der Waals surface area contributed by atoms with Gasteiger partial charge in [0.15, 0.2) is 0 Å². The van der Waals surface area contributed by atoms with Crippen molar-refractivity contribution in [3.8, 4) is 0 Å². The Bertz CT molecular complexity index is 1240. The summed E-state index contributed by atoms with van der Waals surface area (Å²) < 4.78 is 5.64. The highest BCUT2D eigenvalue weighted by Crippen LogP contribution is 2.50. The number of aryl methyl sites for hydroxylation is 1. The Morgan fingerprint density at radius 2 is 1.82 bits per heavy atom. The van der Waals surface area contributed by atoms with Gasteiger partial charge in [0.2, 0.25) is 5.91 Å². The van der Waals surface area contributed by atoms with Crippen LogP contribution in [0, 0.1) is 18.8 Å². The first kappa shape index (κ1) is 27.3. The lowest BCUT2D eigenvalue weighted by molar-refractivity contribution is -0.117. The summed E-state index contributed by atoms with van der Waals surface area (Å²) in [6, 6.07) is 12.8. The van der Waals surface area contributed by atoms with E-state index in [1.165, 1.54) is 12.8 Å². The van der Waals surface area contributed by atoms with Gasteiger partial charge in [0.1, 0.15) is 11.4 Å². The van der Waals surface area contributed by atoms with Crippen LogP contribution < -0.4 is 15.1 Å². The molecule has 3 aliphatic rings. The molecule has 4 unspecified atom stereocenters. The number of pyridine rings is 1. The fourth-order valence-electron chi connectivity index (χ4n) is 6.32. The minimum absolute atomic E-state index is 0.0157. The van der Waals surface area contributed by atoms with Crippen LogP contribution in [0.2, 0.25) is 0 Å². The summed E-state index contributed by atoms with van der Waals surface area (Å²) in [5.74, 6) is 1.70. The van der Waals surface area contributed by atoms with Gasteiger partial charge in [-0.15, -0.1) is 0 Å². The summed E-state index contributed by atoms with van der Waals surface area (Å²) in [7, 11) is 0. The van der Waals surface area contributed by atoms with Crippen molar-refractivity contribution in [1.29, 1.82) is 0 Å². The molecule has 4 atom stereocenters. The molecular weight excluding hydrogens is 490 g/mol. The predicted molar refractivity (Wildman–Crippen MR) is 155 cm³/mol. The molecule has 2 fully saturated rings. The molecule has 1 aromatic carbocycles. The Kier molecular flexibility index (Phi) is 7.25. The third-order valence-electron chi connectivity index (χ3n) is 8.22. The van der Waals surface area contributed by atoms with Crippen molar-refractivity contribution in [2.45, 2.75) is 85.0 Å². The zero-order chi connectivity index (χ0) is 28.1. The molecule has 2 aliphatic heterocycles. The Balaban J connectivity index is 1.46. The molecule has 210 valence electrons. The zero-order valence-corrected chi connectivity index (χ0v) is 24.4. The Morgan fingerprint density at radius 3 is 2.44 bits per heavy atom. The molecule has 1 aromatic heterocycles. The molecule has 39 heavy (non-hydrogen) atoms. The number of nitrogens with zero attached hydrogens (tertiary/aromatic N) is 4. The second kappa shape index (κ2) is 10.4. The molecule has 1 aliphatic carbocycles. The van der Waals surface area contributed by atoms with Gasteiger partial charge in [-0.3, -0.25) is 4.79 Å². The van der Waals surface area contributed by atoms with Gasteiger partial charge in [0, 0.05) is 67.2 Å². The molecule has 1 N–H and O–H groups in total. The van der Waals surface area contributed by atoms with Crippen LogP contribution in [0.25, 0.3) is 0 Å². The van der Waals surface area contributed by atoms with Gasteiger partial charge >= 0.3 is 6.09 Å². The van der Waals surface area contributed by atoms with Crippen LogP contribution in [0.5, 0.6) is 0 Å². The van der Waals surface area contributed by atoms with Crippen molar-refractivity contribution in [2.24, 2.45) is 11.8 Å². The van der Waals surface area contributed by atoms with Crippen LogP contribution >= 0.6 is 0 Å². The van der Waals surface area contributed by atoms with Crippen LogP contribution in [0.15, 0.2) is 36.4 Å². The lowest BCUT2D eigenvalue weighted by atomic mass is 9.79. The van der Waals surface area contributed by atoms with E-state index < -0.39 is 5.60 Å². The van der Waals surface area contributed by atoms with E-state index in [0.29, 0.717) is 19.0 Å². The largest absolute Gasteiger partial charge is 0.444 e. The zero-order valence-electron chi connectivity index (χ0n) is 24.4. The number of fused-ring (bicyclic) bond motifs is 1. The van der Waals surface area contributed by atoms with Crippen molar-refractivity contribution >= 4 is 29.2 Å². The number of anilines is 3. The van der Waals surface area contributed by atoms with Gasteiger partial charge in [0.25, 0.3) is 0 Å². The number of ether oxygens (including phenoxy) is 1. The van der Waals surface area contributed by atoms with E-state index in [4.69, 9.17) is 9.72 Å². The average Bonchev–Trinajstić information content (AvgIpc) is 3.69. The monoisotopic (exact) mass is 533 g/mol. The molecule has 1 saturated heterocycles. The van der Waals surface area contributed by atoms with Gasteiger partial charge in [-0.25, -0.2) is 9.78 Å². The minimum Gasteiger partial charge on any atom is -0.444 e. The number of carbonyl (C=O) groups excluding carboxylic acids is 2. The first-order valence-electron chi connectivity index (χ1n) is 14.3. The van der Waals surface area contributed by atoms with E-state index in [0.717, 1.165) is 35.0 Å². The number of piperazine rings is 1. The van der Waals surface area contributed by atoms with Crippen LogP contribution in [-0.2, 0) is 9.53 Å². The van der Waals surface area contributed by atoms with E-state index >= 15 is 0 Å². The lowest BCUT2D eigenvalue weighted by Gasteiger charge is -2.46. The number of amides is 2. The molecule has 2 aromatic rings. The molecule has 8 nitrogen and oxygen atoms in total. The molecule has 1 saturated carbocycles. The summed E-state index contributed by atoms with van der Waals surface area (Å²) in [5.41, 5.74) is 3.68. The minimum atomic E-state index is -0.516. The summed E-state index contributed by atoms with van der Waals surface area (Å²) in [4.78, 5) is 36.7. The smallest absolute Gasteiger partial charge is 0.410 e. The number of carbonyl (C=O) groups is 2. The standard InChI is InChI=1S/C31H43N5O3/c1-19-9-8-10-27(32-19)33-28-21(3)29(23-11-12-23)36(22(4)37)26-14-13-24(17-25(26)28)34-15-16-35(20(2)18-34)30(38)39-31(5,6)7/h8-10,13-14,17,20-21,23,28-29H,11-12,15-16,18H2,1-7H3,(H,32,33). The second-order valence-corrected chi connectivity index (χ2v) is 12.6. The summed E-state index contributed by atoms with van der Waals surface area (Å²) in [6.07, 6.45) is 2.08. The molecule has 0 bridgehead atoms. The Labute approximate surface area is 232 Å². The molecule has 5 rings (SSSR count). The molecular formula is C31H43N5O3. The van der Waals surface area contributed by atoms with Crippen LogP contribution in [0.1, 0.15) is 71.7 Å². The first-order valence-corrected chi connectivity index (χ1v) is 14.3. The SMILES string of the molecule is CC(=O)N1c2ccc(N3CCN(C(=O)OC(C)(C)C)C(C)C3)cc2C(Nc2cccc(C)n2)C(C)C1C1CC1. The maximum Gasteiger partial charge on any atom is 0.410 e. The fraction of sp³-hybridized carbons (Fsp3) is 0.581. The lowest BCUT2D eigenvalue weighted by Crippen LogP contribution is -2.55. The summed E-state index contributed by atoms with van der Waals surface area (Å²) in [5, 5.41) is 3.75. The Hall–Kier alpha value is -3.29. The number of benzene rings is 1. The fourth-order valence-corrected chi connectivity index (χ4v) is 6.32. The average molecular weight is 534 g/mol. The third kappa shape index (κ3) is 5.70. The predicted octanol–water partition coefficient (Wildman–Crippen LogP) is 5.77. The highest BCUT2D eigenvalue weighted by Gasteiger charge is 2.47. The highest BCUT2D eigenvalue weighted by molar-refractivity contribution is 5.94. The van der Waals surface area contributed by atoms with Gasteiger partial charge in [-0.1, -0.05) is 13.0 Å². The highest BCUT2D eigenvalue weighted by atomic mass is 16.6. The second-order valence-electron chi connectivity index (χ2n) is 12.6. The first-order chi connectivity index (χ1) is 18.4. The van der Waals surface area contributed by atoms with E-state index in [1.807, 2.05) is 55.7 Å². The summed E-state index contributed by atoms with van der Waals surface area (Å²) in [6.45, 7) is 15.8. The van der Waals surface area contributed by atoms with E-state index in [-0.39, 0.29) is 36.0 Å². The summed E-state index contributed by atoms with van der Waals surface area (Å²) >= 11 is 0. The maximum absolute atomic E-state index is 13.0. The van der Waals surface area contributed by atoms with Crippen molar-refractivity contribution < 1.29 is 14.3 Å². The van der Waals surface area contributed by atoms with Crippen molar-refractivity contribution in [1.82, 2.24) is 9.88 Å². The number of hydrogen-bond acceptors (Lipinski definition) is 6. The number of nitrogens with one attached hydrogen (secondary N) is 1. The van der Waals surface area contributed by atoms with Gasteiger partial charge in [-0.05, 0) is 83.7 Å².